The topological polar surface area (TPSA) is 59.0 Å². The number of carbonyl (C=O) groups excluding carboxylic acids is 1. The number of nitrogens with zero attached hydrogens (tertiary/aromatic N) is 2. The molecule has 5 heteroatoms. The Kier molecular flexibility index (Phi) is 4.01. The number of amides is 1. The third-order valence-corrected chi connectivity index (χ3v) is 3.99. The largest absolute Gasteiger partial charge is 0.355 e. The Hall–Kier alpha value is -1.36. The Morgan fingerprint density at radius 3 is 3.06 bits per heavy atom. The Morgan fingerprint density at radius 1 is 1.67 bits per heavy atom. The van der Waals surface area contributed by atoms with Crippen LogP contribution >= 0.6 is 0 Å². The molecule has 18 heavy (non-hydrogen) atoms. The second-order valence-electron chi connectivity index (χ2n) is 5.01. The molecule has 0 saturated carbocycles. The zero-order chi connectivity index (χ0) is 13.0. The van der Waals surface area contributed by atoms with E-state index in [0.29, 0.717) is 6.54 Å². The summed E-state index contributed by atoms with van der Waals surface area (Å²) < 4.78 is 1.85. The van der Waals surface area contributed by atoms with Crippen molar-refractivity contribution in [2.45, 2.75) is 26.2 Å². The zero-order valence-electron chi connectivity index (χ0n) is 11.2. The van der Waals surface area contributed by atoms with E-state index in [1.54, 1.807) is 6.20 Å². The third-order valence-electron chi connectivity index (χ3n) is 3.99. The summed E-state index contributed by atoms with van der Waals surface area (Å²) in [7, 11) is 1.92. The fourth-order valence-corrected chi connectivity index (χ4v) is 2.54. The van der Waals surface area contributed by atoms with Crippen LogP contribution in [0.25, 0.3) is 0 Å². The van der Waals surface area contributed by atoms with Crippen LogP contribution in [0, 0.1) is 5.41 Å². The number of hydrogen-bond donors (Lipinski definition) is 2. The third kappa shape index (κ3) is 2.56. The highest BCUT2D eigenvalue weighted by atomic mass is 16.2. The lowest BCUT2D eigenvalue weighted by Gasteiger charge is -2.25. The predicted octanol–water partition coefficient (Wildman–Crippen LogP) is 0.469. The van der Waals surface area contributed by atoms with E-state index in [9.17, 15) is 4.79 Å². The van der Waals surface area contributed by atoms with Crippen molar-refractivity contribution in [3.63, 3.8) is 0 Å². The second-order valence-corrected chi connectivity index (χ2v) is 5.01. The first-order chi connectivity index (χ1) is 8.68. The Labute approximate surface area is 108 Å². The Bertz CT molecular complexity index is 407. The summed E-state index contributed by atoms with van der Waals surface area (Å²) in [6.45, 7) is 4.53. The number of aromatic nitrogens is 2. The lowest BCUT2D eigenvalue weighted by molar-refractivity contribution is -0.130. The quantitative estimate of drug-likeness (QED) is 0.798. The van der Waals surface area contributed by atoms with Gasteiger partial charge in [0.25, 0.3) is 0 Å². The molecule has 1 aromatic rings. The molecule has 2 rings (SSSR count). The molecule has 0 aliphatic carbocycles. The highest BCUT2D eigenvalue weighted by Gasteiger charge is 2.38. The molecular formula is C13H22N4O. The summed E-state index contributed by atoms with van der Waals surface area (Å²) in [5.74, 6) is 0.192. The normalized spacial score (nSPS) is 23.2. The molecule has 1 unspecified atom stereocenters. The van der Waals surface area contributed by atoms with Gasteiger partial charge in [-0.3, -0.25) is 9.48 Å². The van der Waals surface area contributed by atoms with Crippen LogP contribution in [-0.2, 0) is 18.3 Å². The van der Waals surface area contributed by atoms with Gasteiger partial charge in [-0.25, -0.2) is 0 Å². The van der Waals surface area contributed by atoms with Crippen LogP contribution in [0.2, 0.25) is 0 Å². The van der Waals surface area contributed by atoms with E-state index in [1.807, 2.05) is 17.8 Å². The summed E-state index contributed by atoms with van der Waals surface area (Å²) in [6, 6.07) is 1.98. The van der Waals surface area contributed by atoms with Crippen LogP contribution in [0.5, 0.6) is 0 Å². The molecule has 2 heterocycles. The first-order valence-electron chi connectivity index (χ1n) is 6.64. The van der Waals surface area contributed by atoms with Crippen molar-refractivity contribution in [3.05, 3.63) is 18.0 Å². The van der Waals surface area contributed by atoms with Gasteiger partial charge in [-0.05, 0) is 25.5 Å². The minimum atomic E-state index is -0.188. The van der Waals surface area contributed by atoms with Crippen LogP contribution < -0.4 is 10.6 Å². The standard InChI is InChI=1S/C13H22N4O/c1-3-13(6-9-14-10-13)12(18)15-7-4-11-5-8-16-17(11)2/h5,8,14H,3-4,6-7,9-10H2,1-2H3,(H,15,18). The SMILES string of the molecule is CCC1(C(=O)NCCc2ccnn2C)CCNC1. The zero-order valence-corrected chi connectivity index (χ0v) is 11.2. The molecule has 1 aromatic heterocycles. The van der Waals surface area contributed by atoms with Crippen molar-refractivity contribution in [1.29, 1.82) is 0 Å². The van der Waals surface area contributed by atoms with Gasteiger partial charge in [0, 0.05) is 38.4 Å². The molecule has 1 aliphatic heterocycles. The molecule has 1 saturated heterocycles. The van der Waals surface area contributed by atoms with Gasteiger partial charge in [-0.2, -0.15) is 5.10 Å². The van der Waals surface area contributed by atoms with E-state index in [2.05, 4.69) is 22.7 Å². The monoisotopic (exact) mass is 250 g/mol. The van der Waals surface area contributed by atoms with Gasteiger partial charge < -0.3 is 10.6 Å². The van der Waals surface area contributed by atoms with Crippen molar-refractivity contribution in [2.75, 3.05) is 19.6 Å². The summed E-state index contributed by atoms with van der Waals surface area (Å²) in [5, 5.41) is 10.5. The molecule has 0 aromatic carbocycles. The summed E-state index contributed by atoms with van der Waals surface area (Å²) in [4.78, 5) is 12.2. The molecule has 100 valence electrons. The number of hydrogen-bond acceptors (Lipinski definition) is 3. The Balaban J connectivity index is 1.83. The maximum absolute atomic E-state index is 12.2. The molecule has 2 N–H and O–H groups in total. The summed E-state index contributed by atoms with van der Waals surface area (Å²) in [5.41, 5.74) is 0.956. The molecule has 1 atom stereocenters. The van der Waals surface area contributed by atoms with E-state index < -0.39 is 0 Å². The van der Waals surface area contributed by atoms with E-state index in [1.165, 1.54) is 0 Å². The van der Waals surface area contributed by atoms with Gasteiger partial charge in [0.2, 0.25) is 5.91 Å². The molecule has 0 spiro atoms. The van der Waals surface area contributed by atoms with Gasteiger partial charge >= 0.3 is 0 Å². The molecule has 0 bridgehead atoms. The molecule has 0 radical (unpaired) electrons. The van der Waals surface area contributed by atoms with Crippen molar-refractivity contribution in [2.24, 2.45) is 12.5 Å². The van der Waals surface area contributed by atoms with Gasteiger partial charge in [-0.1, -0.05) is 6.92 Å². The van der Waals surface area contributed by atoms with E-state index in [0.717, 1.165) is 38.0 Å². The maximum Gasteiger partial charge on any atom is 0.227 e. The van der Waals surface area contributed by atoms with Crippen molar-refractivity contribution in [1.82, 2.24) is 20.4 Å². The van der Waals surface area contributed by atoms with Gasteiger partial charge in [0.15, 0.2) is 0 Å². The number of carbonyl (C=O) groups is 1. The summed E-state index contributed by atoms with van der Waals surface area (Å²) >= 11 is 0. The molecule has 5 nitrogen and oxygen atoms in total. The number of rotatable bonds is 5. The minimum absolute atomic E-state index is 0.188. The van der Waals surface area contributed by atoms with Crippen molar-refractivity contribution >= 4 is 5.91 Å². The highest BCUT2D eigenvalue weighted by Crippen LogP contribution is 2.29. The van der Waals surface area contributed by atoms with Crippen LogP contribution in [0.4, 0.5) is 0 Å². The first kappa shape index (κ1) is 13.1. The van der Waals surface area contributed by atoms with Gasteiger partial charge in [0.1, 0.15) is 0 Å². The predicted molar refractivity (Wildman–Crippen MR) is 70.1 cm³/mol. The molecular weight excluding hydrogens is 228 g/mol. The smallest absolute Gasteiger partial charge is 0.227 e. The molecule has 1 fully saturated rings. The van der Waals surface area contributed by atoms with Crippen LogP contribution in [0.3, 0.4) is 0 Å². The van der Waals surface area contributed by atoms with Crippen LogP contribution in [-0.4, -0.2) is 35.3 Å². The highest BCUT2D eigenvalue weighted by molar-refractivity contribution is 5.83. The van der Waals surface area contributed by atoms with Crippen LogP contribution in [0.1, 0.15) is 25.5 Å². The van der Waals surface area contributed by atoms with Crippen molar-refractivity contribution < 1.29 is 4.79 Å². The Morgan fingerprint density at radius 2 is 2.50 bits per heavy atom. The second kappa shape index (κ2) is 5.52. The van der Waals surface area contributed by atoms with E-state index in [4.69, 9.17) is 0 Å². The maximum atomic E-state index is 12.2. The van der Waals surface area contributed by atoms with Crippen molar-refractivity contribution in [3.8, 4) is 0 Å². The average Bonchev–Trinajstić information content (AvgIpc) is 2.99. The number of aryl methyl sites for hydroxylation is 1. The first-order valence-corrected chi connectivity index (χ1v) is 6.64. The lowest BCUT2D eigenvalue weighted by atomic mass is 9.83. The fraction of sp³-hybridized carbons (Fsp3) is 0.692. The fourth-order valence-electron chi connectivity index (χ4n) is 2.54. The van der Waals surface area contributed by atoms with E-state index >= 15 is 0 Å². The van der Waals surface area contributed by atoms with Gasteiger partial charge in [0.05, 0.1) is 5.41 Å². The summed E-state index contributed by atoms with van der Waals surface area (Å²) in [6.07, 6.45) is 4.46. The lowest BCUT2D eigenvalue weighted by Crippen LogP contribution is -2.42. The molecule has 1 amide bonds. The van der Waals surface area contributed by atoms with Crippen LogP contribution in [0.15, 0.2) is 12.3 Å². The van der Waals surface area contributed by atoms with Gasteiger partial charge in [-0.15, -0.1) is 0 Å². The average molecular weight is 250 g/mol. The number of nitrogens with one attached hydrogen (secondary N) is 2. The minimum Gasteiger partial charge on any atom is -0.355 e. The van der Waals surface area contributed by atoms with E-state index in [-0.39, 0.29) is 11.3 Å². The molecule has 1 aliphatic rings.